The lowest BCUT2D eigenvalue weighted by molar-refractivity contribution is 0.111. The van der Waals surface area contributed by atoms with Crippen molar-refractivity contribution in [1.29, 1.82) is 0 Å². The third kappa shape index (κ3) is 0.863. The summed E-state index contributed by atoms with van der Waals surface area (Å²) in [6.45, 7) is 2.13. The summed E-state index contributed by atoms with van der Waals surface area (Å²) in [5.41, 5.74) is 1.54. The van der Waals surface area contributed by atoms with Crippen LogP contribution in [0.1, 0.15) is 15.9 Å². The molecule has 0 radical (unpaired) electrons. The van der Waals surface area contributed by atoms with Gasteiger partial charge in [-0.1, -0.05) is 6.07 Å². The zero-order valence-corrected chi connectivity index (χ0v) is 6.66. The fraction of sp³-hybridized carbons (Fsp3) is 0.222. The van der Waals surface area contributed by atoms with E-state index in [2.05, 4.69) is 0 Å². The number of benzene rings is 1. The number of aryl methyl sites for hydroxylation is 1. The van der Waals surface area contributed by atoms with Crippen LogP contribution in [0, 0.1) is 6.92 Å². The first-order valence-electron chi connectivity index (χ1n) is 3.67. The third-order valence-corrected chi connectivity index (χ3v) is 1.87. The molecule has 0 atom stereocenters. The minimum atomic E-state index is 0.209. The lowest BCUT2D eigenvalue weighted by Gasteiger charge is -2.01. The van der Waals surface area contributed by atoms with Gasteiger partial charge in [0.25, 0.3) is 0 Å². The molecule has 2 rings (SSSR count). The smallest absolute Gasteiger partial charge is 0.231 e. The van der Waals surface area contributed by atoms with Crippen LogP contribution < -0.4 is 9.47 Å². The van der Waals surface area contributed by atoms with E-state index in [4.69, 9.17) is 9.47 Å². The van der Waals surface area contributed by atoms with Crippen molar-refractivity contribution < 1.29 is 14.3 Å². The van der Waals surface area contributed by atoms with Gasteiger partial charge in [0.2, 0.25) is 6.79 Å². The molecule has 0 aromatic heterocycles. The van der Waals surface area contributed by atoms with Gasteiger partial charge in [-0.05, 0) is 18.6 Å². The molecular weight excluding hydrogens is 156 g/mol. The summed E-state index contributed by atoms with van der Waals surface area (Å²) < 4.78 is 10.3. The first-order valence-corrected chi connectivity index (χ1v) is 3.67. The monoisotopic (exact) mass is 164 g/mol. The van der Waals surface area contributed by atoms with Gasteiger partial charge in [-0.25, -0.2) is 0 Å². The van der Waals surface area contributed by atoms with Crippen molar-refractivity contribution >= 4 is 6.29 Å². The SMILES string of the molecule is Cc1ccc(C=O)c2c1OCO2. The number of ether oxygens (including phenoxy) is 2. The molecule has 0 N–H and O–H groups in total. The van der Waals surface area contributed by atoms with Crippen LogP contribution >= 0.6 is 0 Å². The molecule has 0 saturated heterocycles. The van der Waals surface area contributed by atoms with Crippen LogP contribution in [-0.4, -0.2) is 13.1 Å². The zero-order chi connectivity index (χ0) is 8.55. The van der Waals surface area contributed by atoms with E-state index in [1.807, 2.05) is 13.0 Å². The van der Waals surface area contributed by atoms with Crippen molar-refractivity contribution in [3.63, 3.8) is 0 Å². The maximum absolute atomic E-state index is 10.5. The molecule has 0 amide bonds. The highest BCUT2D eigenvalue weighted by Crippen LogP contribution is 2.37. The molecule has 1 aromatic rings. The molecule has 1 heterocycles. The predicted molar refractivity (Wildman–Crippen MR) is 42.7 cm³/mol. The van der Waals surface area contributed by atoms with Gasteiger partial charge in [0.15, 0.2) is 17.8 Å². The second-order valence-corrected chi connectivity index (χ2v) is 2.65. The molecule has 1 aromatic carbocycles. The van der Waals surface area contributed by atoms with E-state index < -0.39 is 0 Å². The Balaban J connectivity index is 2.64. The van der Waals surface area contributed by atoms with E-state index in [1.165, 1.54) is 0 Å². The number of fused-ring (bicyclic) bond motifs is 1. The van der Waals surface area contributed by atoms with E-state index in [9.17, 15) is 4.79 Å². The van der Waals surface area contributed by atoms with Crippen molar-refractivity contribution in [3.05, 3.63) is 23.3 Å². The van der Waals surface area contributed by atoms with E-state index in [0.717, 1.165) is 11.8 Å². The Bertz CT molecular complexity index is 331. The molecule has 0 fully saturated rings. The summed E-state index contributed by atoms with van der Waals surface area (Å²) in [6.07, 6.45) is 0.771. The summed E-state index contributed by atoms with van der Waals surface area (Å²) >= 11 is 0. The van der Waals surface area contributed by atoms with E-state index in [-0.39, 0.29) is 6.79 Å². The number of carbonyl (C=O) groups is 1. The Morgan fingerprint density at radius 2 is 2.08 bits per heavy atom. The van der Waals surface area contributed by atoms with Gasteiger partial charge in [-0.2, -0.15) is 0 Å². The number of carbonyl (C=O) groups excluding carboxylic acids is 1. The molecule has 3 heteroatoms. The Morgan fingerprint density at radius 1 is 1.33 bits per heavy atom. The van der Waals surface area contributed by atoms with Crippen LogP contribution in [0.2, 0.25) is 0 Å². The maximum Gasteiger partial charge on any atom is 0.231 e. The van der Waals surface area contributed by atoms with Gasteiger partial charge in [-0.3, -0.25) is 4.79 Å². The normalized spacial score (nSPS) is 13.1. The molecule has 1 aliphatic rings. The van der Waals surface area contributed by atoms with Crippen molar-refractivity contribution in [2.45, 2.75) is 6.92 Å². The molecule has 1 aliphatic heterocycles. The summed E-state index contributed by atoms with van der Waals surface area (Å²) in [4.78, 5) is 10.5. The Labute approximate surface area is 69.9 Å². The van der Waals surface area contributed by atoms with Crippen molar-refractivity contribution in [2.75, 3.05) is 6.79 Å². The first kappa shape index (κ1) is 7.16. The van der Waals surface area contributed by atoms with E-state index in [0.29, 0.717) is 17.1 Å². The Kier molecular flexibility index (Phi) is 1.50. The number of rotatable bonds is 1. The molecular formula is C9H8O3. The summed E-state index contributed by atoms with van der Waals surface area (Å²) in [6, 6.07) is 3.58. The Hall–Kier alpha value is -1.51. The summed E-state index contributed by atoms with van der Waals surface area (Å²) in [7, 11) is 0. The molecule has 0 spiro atoms. The van der Waals surface area contributed by atoms with E-state index in [1.54, 1.807) is 6.07 Å². The Morgan fingerprint density at radius 3 is 2.83 bits per heavy atom. The average Bonchev–Trinajstić information content (AvgIpc) is 2.54. The molecule has 62 valence electrons. The van der Waals surface area contributed by atoms with Gasteiger partial charge in [0, 0.05) is 0 Å². The van der Waals surface area contributed by atoms with Crippen molar-refractivity contribution in [3.8, 4) is 11.5 Å². The second-order valence-electron chi connectivity index (χ2n) is 2.65. The van der Waals surface area contributed by atoms with Gasteiger partial charge >= 0.3 is 0 Å². The first-order chi connectivity index (χ1) is 5.83. The van der Waals surface area contributed by atoms with Crippen LogP contribution in [0.5, 0.6) is 11.5 Å². The molecule has 3 nitrogen and oxygen atoms in total. The minimum absolute atomic E-state index is 0.209. The second kappa shape index (κ2) is 2.52. The summed E-state index contributed by atoms with van der Waals surface area (Å²) in [5, 5.41) is 0. The highest BCUT2D eigenvalue weighted by Gasteiger charge is 2.19. The average molecular weight is 164 g/mol. The van der Waals surface area contributed by atoms with Crippen LogP contribution in [0.3, 0.4) is 0 Å². The molecule has 0 aliphatic carbocycles. The van der Waals surface area contributed by atoms with Crippen LogP contribution in [0.15, 0.2) is 12.1 Å². The largest absolute Gasteiger partial charge is 0.453 e. The standard InChI is InChI=1S/C9H8O3/c1-6-2-3-7(4-10)9-8(6)11-5-12-9/h2-4H,5H2,1H3. The maximum atomic E-state index is 10.5. The van der Waals surface area contributed by atoms with E-state index >= 15 is 0 Å². The number of aldehydes is 1. The van der Waals surface area contributed by atoms with Crippen LogP contribution in [0.4, 0.5) is 0 Å². The van der Waals surface area contributed by atoms with Gasteiger partial charge in [0.1, 0.15) is 0 Å². The predicted octanol–water partition coefficient (Wildman–Crippen LogP) is 1.54. The van der Waals surface area contributed by atoms with Gasteiger partial charge < -0.3 is 9.47 Å². The van der Waals surface area contributed by atoms with Crippen molar-refractivity contribution in [2.24, 2.45) is 0 Å². The van der Waals surface area contributed by atoms with Gasteiger partial charge in [-0.15, -0.1) is 0 Å². The molecule has 12 heavy (non-hydrogen) atoms. The lowest BCUT2D eigenvalue weighted by atomic mass is 10.1. The highest BCUT2D eigenvalue weighted by atomic mass is 16.7. The fourth-order valence-electron chi connectivity index (χ4n) is 1.24. The molecule has 0 unspecified atom stereocenters. The van der Waals surface area contributed by atoms with Gasteiger partial charge in [0.05, 0.1) is 5.56 Å². The van der Waals surface area contributed by atoms with Crippen LogP contribution in [0.25, 0.3) is 0 Å². The third-order valence-electron chi connectivity index (χ3n) is 1.87. The summed E-state index contributed by atoms with van der Waals surface area (Å²) in [5.74, 6) is 1.27. The topological polar surface area (TPSA) is 35.5 Å². The molecule has 0 saturated carbocycles. The quantitative estimate of drug-likeness (QED) is 0.590. The van der Waals surface area contributed by atoms with Crippen LogP contribution in [-0.2, 0) is 0 Å². The zero-order valence-electron chi connectivity index (χ0n) is 6.66. The minimum Gasteiger partial charge on any atom is -0.453 e. The fourth-order valence-corrected chi connectivity index (χ4v) is 1.24. The molecule has 0 bridgehead atoms. The number of hydrogen-bond acceptors (Lipinski definition) is 3. The highest BCUT2D eigenvalue weighted by molar-refractivity contribution is 5.82. The van der Waals surface area contributed by atoms with Crippen molar-refractivity contribution in [1.82, 2.24) is 0 Å². The lowest BCUT2D eigenvalue weighted by Crippen LogP contribution is -1.94. The number of hydrogen-bond donors (Lipinski definition) is 0.